The highest BCUT2D eigenvalue weighted by Crippen LogP contribution is 2.36. The Morgan fingerprint density at radius 1 is 1.22 bits per heavy atom. The second-order valence-electron chi connectivity index (χ2n) is 6.02. The van der Waals surface area contributed by atoms with Crippen molar-refractivity contribution in [1.29, 1.82) is 0 Å². The van der Waals surface area contributed by atoms with E-state index < -0.39 is 5.60 Å². The second-order valence-corrected chi connectivity index (χ2v) is 6.88. The molecule has 0 spiro atoms. The van der Waals surface area contributed by atoms with Gasteiger partial charge in [-0.1, -0.05) is 37.3 Å². The highest BCUT2D eigenvalue weighted by molar-refractivity contribution is 7.17. The molecule has 4 nitrogen and oxygen atoms in total. The second kappa shape index (κ2) is 6.26. The Kier molecular flexibility index (Phi) is 4.33. The minimum atomic E-state index is -0.756. The molecule has 0 aliphatic rings. The van der Waals surface area contributed by atoms with Gasteiger partial charge in [-0.05, 0) is 25.8 Å². The number of anilines is 1. The van der Waals surface area contributed by atoms with Crippen LogP contribution in [0.5, 0.6) is 0 Å². The maximum absolute atomic E-state index is 10.3. The van der Waals surface area contributed by atoms with E-state index in [4.69, 9.17) is 0 Å². The van der Waals surface area contributed by atoms with Crippen LogP contribution in [0.2, 0.25) is 0 Å². The molecular weight excluding hydrogens is 306 g/mol. The molecule has 0 saturated carbocycles. The highest BCUT2D eigenvalue weighted by Gasteiger charge is 2.20. The van der Waals surface area contributed by atoms with Gasteiger partial charge in [0.15, 0.2) is 0 Å². The fourth-order valence-electron chi connectivity index (χ4n) is 2.41. The first-order valence-corrected chi connectivity index (χ1v) is 8.65. The van der Waals surface area contributed by atoms with Crippen molar-refractivity contribution < 1.29 is 5.11 Å². The first-order valence-electron chi connectivity index (χ1n) is 7.77. The lowest BCUT2D eigenvalue weighted by Gasteiger charge is -2.22. The van der Waals surface area contributed by atoms with Crippen LogP contribution in [0.1, 0.15) is 26.1 Å². The lowest BCUT2D eigenvalue weighted by atomic mass is 10.0. The van der Waals surface area contributed by atoms with Crippen molar-refractivity contribution in [2.24, 2.45) is 0 Å². The molecule has 0 saturated heterocycles. The van der Waals surface area contributed by atoms with E-state index in [1.54, 1.807) is 11.3 Å². The van der Waals surface area contributed by atoms with Crippen LogP contribution in [0.4, 0.5) is 5.82 Å². The normalized spacial score (nSPS) is 13.9. The van der Waals surface area contributed by atoms with Gasteiger partial charge in [0.05, 0.1) is 11.0 Å². The van der Waals surface area contributed by atoms with Crippen LogP contribution in [0, 0.1) is 6.92 Å². The van der Waals surface area contributed by atoms with Gasteiger partial charge in [-0.2, -0.15) is 0 Å². The van der Waals surface area contributed by atoms with Crippen molar-refractivity contribution in [3.63, 3.8) is 0 Å². The smallest absolute Gasteiger partial charge is 0.139 e. The number of thiophene rings is 1. The molecule has 23 heavy (non-hydrogen) atoms. The number of aromatic nitrogens is 2. The van der Waals surface area contributed by atoms with Gasteiger partial charge >= 0.3 is 0 Å². The van der Waals surface area contributed by atoms with E-state index in [1.807, 2.05) is 39.0 Å². The zero-order chi connectivity index (χ0) is 16.4. The first-order chi connectivity index (χ1) is 11.0. The Balaban J connectivity index is 2.07. The average Bonchev–Trinajstić information content (AvgIpc) is 2.97. The Morgan fingerprint density at radius 2 is 1.96 bits per heavy atom. The van der Waals surface area contributed by atoms with Gasteiger partial charge in [-0.25, -0.2) is 9.97 Å². The fourth-order valence-corrected chi connectivity index (χ4v) is 3.40. The summed E-state index contributed by atoms with van der Waals surface area (Å²) in [5.74, 6) is 1.53. The summed E-state index contributed by atoms with van der Waals surface area (Å²) in [6, 6.07) is 10.3. The monoisotopic (exact) mass is 327 g/mol. The Bertz CT molecular complexity index is 812. The number of nitrogens with zero attached hydrogens (tertiary/aromatic N) is 2. The standard InChI is InChI=1S/C18H21N3OS/c1-4-18(3,22)11-19-16-15-14(13-8-6-5-7-9-13)10-23-17(15)21-12(2)20-16/h5-10,22H,4,11H2,1-3H3,(H,19,20,21). The molecule has 1 aromatic carbocycles. The van der Waals surface area contributed by atoms with E-state index in [1.165, 1.54) is 0 Å². The number of rotatable bonds is 5. The minimum Gasteiger partial charge on any atom is -0.388 e. The predicted molar refractivity (Wildman–Crippen MR) is 97.0 cm³/mol. The minimum absolute atomic E-state index is 0.457. The van der Waals surface area contributed by atoms with Crippen LogP contribution in [0.25, 0.3) is 21.3 Å². The summed E-state index contributed by atoms with van der Waals surface area (Å²) >= 11 is 1.62. The van der Waals surface area contributed by atoms with E-state index in [-0.39, 0.29) is 0 Å². The number of aliphatic hydroxyl groups is 1. The van der Waals surface area contributed by atoms with Gasteiger partial charge in [0.25, 0.3) is 0 Å². The molecule has 2 N–H and O–H groups in total. The molecule has 5 heteroatoms. The summed E-state index contributed by atoms with van der Waals surface area (Å²) in [6.45, 7) is 6.16. The van der Waals surface area contributed by atoms with Crippen LogP contribution in [-0.2, 0) is 0 Å². The summed E-state index contributed by atoms with van der Waals surface area (Å²) in [6.07, 6.45) is 0.683. The number of hydrogen-bond donors (Lipinski definition) is 2. The van der Waals surface area contributed by atoms with E-state index >= 15 is 0 Å². The lowest BCUT2D eigenvalue weighted by Crippen LogP contribution is -2.32. The molecule has 0 aliphatic heterocycles. The Labute approximate surface area is 140 Å². The maximum Gasteiger partial charge on any atom is 0.139 e. The summed E-state index contributed by atoms with van der Waals surface area (Å²) in [5, 5.41) is 16.7. The van der Waals surface area contributed by atoms with Gasteiger partial charge in [0.2, 0.25) is 0 Å². The van der Waals surface area contributed by atoms with Gasteiger partial charge in [0, 0.05) is 17.5 Å². The molecular formula is C18H21N3OS. The fraction of sp³-hybridized carbons (Fsp3) is 0.333. The average molecular weight is 327 g/mol. The van der Waals surface area contributed by atoms with Crippen molar-refractivity contribution in [2.75, 3.05) is 11.9 Å². The SMILES string of the molecule is CCC(C)(O)CNc1nc(C)nc2scc(-c3ccccc3)c12. The van der Waals surface area contributed by atoms with Crippen LogP contribution in [0.3, 0.4) is 0 Å². The molecule has 2 aromatic heterocycles. The zero-order valence-corrected chi connectivity index (χ0v) is 14.4. The summed E-state index contributed by atoms with van der Waals surface area (Å²) in [5.41, 5.74) is 1.52. The van der Waals surface area contributed by atoms with Crippen LogP contribution in [0.15, 0.2) is 35.7 Å². The number of nitrogens with one attached hydrogen (secondary N) is 1. The molecule has 3 aromatic rings. The van der Waals surface area contributed by atoms with Crippen LogP contribution < -0.4 is 5.32 Å². The summed E-state index contributed by atoms with van der Waals surface area (Å²) in [4.78, 5) is 10.1. The summed E-state index contributed by atoms with van der Waals surface area (Å²) in [7, 11) is 0. The van der Waals surface area contributed by atoms with Gasteiger partial charge in [-0.3, -0.25) is 0 Å². The maximum atomic E-state index is 10.3. The molecule has 3 rings (SSSR count). The largest absolute Gasteiger partial charge is 0.388 e. The molecule has 0 aliphatic carbocycles. The van der Waals surface area contributed by atoms with Crippen molar-refractivity contribution >= 4 is 27.4 Å². The predicted octanol–water partition coefficient (Wildman–Crippen LogP) is 4.24. The molecule has 1 unspecified atom stereocenters. The molecule has 0 radical (unpaired) electrons. The molecule has 0 fully saturated rings. The molecule has 0 amide bonds. The zero-order valence-electron chi connectivity index (χ0n) is 13.6. The third-order valence-electron chi connectivity index (χ3n) is 4.03. The van der Waals surface area contributed by atoms with E-state index in [2.05, 4.69) is 32.8 Å². The van der Waals surface area contributed by atoms with Gasteiger partial charge in [0.1, 0.15) is 16.5 Å². The van der Waals surface area contributed by atoms with E-state index in [0.717, 1.165) is 33.0 Å². The van der Waals surface area contributed by atoms with Gasteiger partial charge < -0.3 is 10.4 Å². The highest BCUT2D eigenvalue weighted by atomic mass is 32.1. The number of aryl methyl sites for hydroxylation is 1. The van der Waals surface area contributed by atoms with E-state index in [0.29, 0.717) is 13.0 Å². The molecule has 2 heterocycles. The molecule has 0 bridgehead atoms. The van der Waals surface area contributed by atoms with Crippen LogP contribution in [-0.4, -0.2) is 27.2 Å². The van der Waals surface area contributed by atoms with Crippen molar-refractivity contribution in [1.82, 2.24) is 9.97 Å². The van der Waals surface area contributed by atoms with Crippen molar-refractivity contribution in [3.8, 4) is 11.1 Å². The number of benzene rings is 1. The topological polar surface area (TPSA) is 58.0 Å². The number of hydrogen-bond acceptors (Lipinski definition) is 5. The third kappa shape index (κ3) is 3.35. The molecule has 120 valence electrons. The lowest BCUT2D eigenvalue weighted by molar-refractivity contribution is 0.0697. The number of fused-ring (bicyclic) bond motifs is 1. The first kappa shape index (κ1) is 15.9. The summed E-state index contributed by atoms with van der Waals surface area (Å²) < 4.78 is 0. The van der Waals surface area contributed by atoms with Crippen molar-refractivity contribution in [2.45, 2.75) is 32.8 Å². The van der Waals surface area contributed by atoms with Crippen molar-refractivity contribution in [3.05, 3.63) is 41.5 Å². The quantitative estimate of drug-likeness (QED) is 0.736. The van der Waals surface area contributed by atoms with E-state index in [9.17, 15) is 5.11 Å². The Morgan fingerprint density at radius 3 is 2.65 bits per heavy atom. The third-order valence-corrected chi connectivity index (χ3v) is 4.90. The molecule has 1 atom stereocenters. The Hall–Kier alpha value is -1.98. The van der Waals surface area contributed by atoms with Gasteiger partial charge in [-0.15, -0.1) is 11.3 Å². The van der Waals surface area contributed by atoms with Crippen LogP contribution >= 0.6 is 11.3 Å².